The fraction of sp³-hybridized carbons (Fsp3) is 0.500. The Morgan fingerprint density at radius 2 is 2.06 bits per heavy atom. The Labute approximate surface area is 113 Å². The molecule has 4 heteroatoms. The fourth-order valence-electron chi connectivity index (χ4n) is 1.27. The summed E-state index contributed by atoms with van der Waals surface area (Å²) < 4.78 is 14.3. The van der Waals surface area contributed by atoms with Crippen LogP contribution in [-0.2, 0) is 6.54 Å². The Kier molecular flexibility index (Phi) is 5.94. The van der Waals surface area contributed by atoms with Gasteiger partial charge in [0.15, 0.2) is 0 Å². The van der Waals surface area contributed by atoms with Crippen LogP contribution in [0.3, 0.4) is 0 Å². The van der Waals surface area contributed by atoms with Gasteiger partial charge in [-0.1, -0.05) is 44.8 Å². The summed E-state index contributed by atoms with van der Waals surface area (Å²) in [6.45, 7) is 4.84. The minimum Gasteiger partial charge on any atom is -0.310 e. The first kappa shape index (κ1) is 14.1. The number of nitrogens with one attached hydrogen (secondary N) is 1. The van der Waals surface area contributed by atoms with Crippen molar-refractivity contribution in [2.24, 2.45) is 5.92 Å². The van der Waals surface area contributed by atoms with Crippen LogP contribution >= 0.6 is 31.9 Å². The topological polar surface area (TPSA) is 12.0 Å². The van der Waals surface area contributed by atoms with Crippen LogP contribution in [0.5, 0.6) is 0 Å². The lowest BCUT2D eigenvalue weighted by atomic mass is 10.1. The summed E-state index contributed by atoms with van der Waals surface area (Å²) in [5.74, 6) is 0.360. The van der Waals surface area contributed by atoms with E-state index in [2.05, 4.69) is 51.0 Å². The third-order valence-corrected chi connectivity index (χ3v) is 4.24. The second-order valence-corrected chi connectivity index (χ2v) is 5.60. The highest BCUT2D eigenvalue weighted by atomic mass is 79.9. The Hall–Kier alpha value is 0.0700. The molecule has 0 saturated heterocycles. The third kappa shape index (κ3) is 4.15. The van der Waals surface area contributed by atoms with Crippen molar-refractivity contribution in [2.75, 3.05) is 5.33 Å². The van der Waals surface area contributed by atoms with E-state index in [1.807, 2.05) is 6.07 Å². The van der Waals surface area contributed by atoms with Crippen molar-refractivity contribution in [3.8, 4) is 0 Å². The molecule has 0 aliphatic heterocycles. The van der Waals surface area contributed by atoms with Crippen molar-refractivity contribution in [2.45, 2.75) is 26.4 Å². The van der Waals surface area contributed by atoms with Crippen LogP contribution < -0.4 is 5.32 Å². The van der Waals surface area contributed by atoms with E-state index in [0.717, 1.165) is 9.80 Å². The van der Waals surface area contributed by atoms with Gasteiger partial charge in [0.05, 0.1) is 0 Å². The van der Waals surface area contributed by atoms with Gasteiger partial charge in [-0.3, -0.25) is 0 Å². The van der Waals surface area contributed by atoms with Gasteiger partial charge in [-0.2, -0.15) is 0 Å². The Bertz CT molecular complexity index is 344. The van der Waals surface area contributed by atoms with Crippen molar-refractivity contribution in [1.29, 1.82) is 0 Å². The zero-order chi connectivity index (χ0) is 12.1. The predicted molar refractivity (Wildman–Crippen MR) is 73.4 cm³/mol. The van der Waals surface area contributed by atoms with Crippen LogP contribution in [0, 0.1) is 11.7 Å². The lowest BCUT2D eigenvalue weighted by Gasteiger charge is -2.19. The summed E-state index contributed by atoms with van der Waals surface area (Å²) in [7, 11) is 0. The van der Waals surface area contributed by atoms with Crippen molar-refractivity contribution in [3.05, 3.63) is 34.1 Å². The highest BCUT2D eigenvalue weighted by Gasteiger charge is 2.11. The zero-order valence-electron chi connectivity index (χ0n) is 9.43. The average molecular weight is 353 g/mol. The summed E-state index contributed by atoms with van der Waals surface area (Å²) in [5, 5.41) is 4.27. The molecule has 0 amide bonds. The van der Waals surface area contributed by atoms with Crippen LogP contribution in [0.25, 0.3) is 0 Å². The molecule has 2 unspecified atom stereocenters. The summed E-state index contributed by atoms with van der Waals surface area (Å²) in [4.78, 5) is 0. The average Bonchev–Trinajstić information content (AvgIpc) is 2.26. The van der Waals surface area contributed by atoms with Crippen LogP contribution in [-0.4, -0.2) is 11.4 Å². The maximum absolute atomic E-state index is 13.5. The number of halogens is 3. The smallest absolute Gasteiger partial charge is 0.128 e. The molecule has 2 atom stereocenters. The van der Waals surface area contributed by atoms with Crippen molar-refractivity contribution >= 4 is 31.9 Å². The molecule has 0 aliphatic carbocycles. The second kappa shape index (κ2) is 6.72. The first-order valence-electron chi connectivity index (χ1n) is 5.28. The van der Waals surface area contributed by atoms with E-state index in [1.54, 1.807) is 6.07 Å². The molecule has 16 heavy (non-hydrogen) atoms. The van der Waals surface area contributed by atoms with Gasteiger partial charge in [-0.05, 0) is 25.0 Å². The maximum atomic E-state index is 13.5. The molecule has 0 bridgehead atoms. The first-order valence-corrected chi connectivity index (χ1v) is 7.19. The zero-order valence-corrected chi connectivity index (χ0v) is 12.6. The van der Waals surface area contributed by atoms with E-state index in [9.17, 15) is 4.39 Å². The largest absolute Gasteiger partial charge is 0.310 e. The minimum absolute atomic E-state index is 0.166. The van der Waals surface area contributed by atoms with E-state index >= 15 is 0 Å². The quantitative estimate of drug-likeness (QED) is 0.787. The molecule has 1 N–H and O–H groups in total. The van der Waals surface area contributed by atoms with E-state index in [4.69, 9.17) is 0 Å². The van der Waals surface area contributed by atoms with Gasteiger partial charge >= 0.3 is 0 Å². The standard InChI is InChI=1S/C12H16Br2FN/c1-8(6-13)9(2)16-7-10-3-4-11(14)5-12(10)15/h3-5,8-9,16H,6-7H2,1-2H3. The number of benzene rings is 1. The molecule has 90 valence electrons. The molecular formula is C12H16Br2FN. The lowest BCUT2D eigenvalue weighted by molar-refractivity contribution is 0.428. The first-order chi connectivity index (χ1) is 7.54. The Morgan fingerprint density at radius 1 is 1.38 bits per heavy atom. The van der Waals surface area contributed by atoms with E-state index in [0.29, 0.717) is 24.1 Å². The van der Waals surface area contributed by atoms with Crippen LogP contribution in [0.1, 0.15) is 19.4 Å². The highest BCUT2D eigenvalue weighted by molar-refractivity contribution is 9.10. The molecule has 1 nitrogen and oxygen atoms in total. The molecule has 1 aromatic rings. The molecule has 0 spiro atoms. The Morgan fingerprint density at radius 3 is 2.62 bits per heavy atom. The lowest BCUT2D eigenvalue weighted by Crippen LogP contribution is -2.32. The van der Waals surface area contributed by atoms with Crippen LogP contribution in [0.2, 0.25) is 0 Å². The monoisotopic (exact) mass is 351 g/mol. The molecule has 0 aliphatic rings. The summed E-state index contributed by atoms with van der Waals surface area (Å²) in [5.41, 5.74) is 0.705. The number of rotatable bonds is 5. The molecular weight excluding hydrogens is 337 g/mol. The van der Waals surface area contributed by atoms with Gasteiger partial charge < -0.3 is 5.32 Å². The summed E-state index contributed by atoms with van der Waals surface area (Å²) in [6, 6.07) is 5.52. The van der Waals surface area contributed by atoms with E-state index < -0.39 is 0 Å². The van der Waals surface area contributed by atoms with Gasteiger partial charge in [-0.15, -0.1) is 0 Å². The molecule has 0 radical (unpaired) electrons. The van der Waals surface area contributed by atoms with Crippen molar-refractivity contribution < 1.29 is 4.39 Å². The van der Waals surface area contributed by atoms with Crippen molar-refractivity contribution in [3.63, 3.8) is 0 Å². The van der Waals surface area contributed by atoms with Gasteiger partial charge in [0.1, 0.15) is 5.82 Å². The Balaban J connectivity index is 2.54. The SMILES string of the molecule is CC(CBr)C(C)NCc1ccc(Br)cc1F. The van der Waals surface area contributed by atoms with Crippen LogP contribution in [0.4, 0.5) is 4.39 Å². The fourth-order valence-corrected chi connectivity index (χ4v) is 2.16. The van der Waals surface area contributed by atoms with Crippen molar-refractivity contribution in [1.82, 2.24) is 5.32 Å². The van der Waals surface area contributed by atoms with E-state index in [-0.39, 0.29) is 5.82 Å². The molecule has 0 heterocycles. The van der Waals surface area contributed by atoms with E-state index in [1.165, 1.54) is 6.07 Å². The molecule has 1 aromatic carbocycles. The van der Waals surface area contributed by atoms with Gasteiger partial charge in [0.25, 0.3) is 0 Å². The van der Waals surface area contributed by atoms with Gasteiger partial charge in [0, 0.05) is 28.0 Å². The highest BCUT2D eigenvalue weighted by Crippen LogP contribution is 2.15. The number of hydrogen-bond donors (Lipinski definition) is 1. The van der Waals surface area contributed by atoms with Gasteiger partial charge in [-0.25, -0.2) is 4.39 Å². The summed E-state index contributed by atoms with van der Waals surface area (Å²) in [6.07, 6.45) is 0. The normalized spacial score (nSPS) is 14.8. The maximum Gasteiger partial charge on any atom is 0.128 e. The van der Waals surface area contributed by atoms with Gasteiger partial charge in [0.2, 0.25) is 0 Å². The third-order valence-electron chi connectivity index (χ3n) is 2.73. The number of alkyl halides is 1. The predicted octanol–water partition coefficient (Wildman–Crippen LogP) is 4.10. The summed E-state index contributed by atoms with van der Waals surface area (Å²) >= 11 is 6.69. The molecule has 1 rings (SSSR count). The molecule has 0 aromatic heterocycles. The number of hydrogen-bond acceptors (Lipinski definition) is 1. The second-order valence-electron chi connectivity index (χ2n) is 4.04. The molecule has 0 saturated carbocycles. The minimum atomic E-state index is -0.166. The van der Waals surface area contributed by atoms with Crippen LogP contribution in [0.15, 0.2) is 22.7 Å². The molecule has 0 fully saturated rings.